The van der Waals surface area contributed by atoms with Crippen LogP contribution in [0.25, 0.3) is 0 Å². The topological polar surface area (TPSA) is 17.1 Å². The van der Waals surface area contributed by atoms with Gasteiger partial charge >= 0.3 is 0 Å². The molecule has 0 N–H and O–H groups in total. The number of carbonyl (C=O) groups is 1. The summed E-state index contributed by atoms with van der Waals surface area (Å²) in [6, 6.07) is 2.89. The lowest BCUT2D eigenvalue weighted by atomic mass is 9.82. The number of Topliss-reactive ketones (excluding diaryl/α,β-unsaturated/α-hetero) is 1. The van der Waals surface area contributed by atoms with Crippen molar-refractivity contribution in [1.82, 2.24) is 0 Å². The number of rotatable bonds is 2. The molecule has 0 spiro atoms. The Bertz CT molecular complexity index is 460. The summed E-state index contributed by atoms with van der Waals surface area (Å²) in [6.07, 6.45) is -0.476. The molecule has 98 valence electrons. The molecule has 2 rings (SSSR count). The highest BCUT2D eigenvalue weighted by molar-refractivity contribution is 5.97. The number of alkyl halides is 2. The molecule has 1 fully saturated rings. The summed E-state index contributed by atoms with van der Waals surface area (Å²) in [4.78, 5) is 11.9. The Balaban J connectivity index is 2.10. The standard InChI is InChI=1S/C13H12F4O/c14-10-2-1-9(7-11(10)15)12(18)8-3-5-13(16,17)6-4-8/h1-2,7-8H,3-6H2. The van der Waals surface area contributed by atoms with Crippen molar-refractivity contribution < 1.29 is 22.4 Å². The van der Waals surface area contributed by atoms with Crippen molar-refractivity contribution in [3.8, 4) is 0 Å². The van der Waals surface area contributed by atoms with Crippen LogP contribution in [0.2, 0.25) is 0 Å². The van der Waals surface area contributed by atoms with Crippen LogP contribution < -0.4 is 0 Å². The van der Waals surface area contributed by atoms with Crippen molar-refractivity contribution >= 4 is 5.78 Å². The Hall–Kier alpha value is -1.39. The predicted octanol–water partition coefficient (Wildman–Crippen LogP) is 3.97. The minimum Gasteiger partial charge on any atom is -0.294 e. The monoisotopic (exact) mass is 260 g/mol. The van der Waals surface area contributed by atoms with Gasteiger partial charge in [-0.2, -0.15) is 0 Å². The molecular formula is C13H12F4O. The summed E-state index contributed by atoms with van der Waals surface area (Å²) in [6.45, 7) is 0. The van der Waals surface area contributed by atoms with Crippen molar-refractivity contribution in [2.45, 2.75) is 31.6 Å². The van der Waals surface area contributed by atoms with Gasteiger partial charge in [0.25, 0.3) is 0 Å². The fraction of sp³-hybridized carbons (Fsp3) is 0.462. The van der Waals surface area contributed by atoms with Crippen LogP contribution in [0.5, 0.6) is 0 Å². The Labute approximate surface area is 102 Å². The van der Waals surface area contributed by atoms with Crippen molar-refractivity contribution in [1.29, 1.82) is 0 Å². The molecule has 5 heteroatoms. The third kappa shape index (κ3) is 2.71. The fourth-order valence-corrected chi connectivity index (χ4v) is 2.19. The van der Waals surface area contributed by atoms with Crippen LogP contribution in [0.15, 0.2) is 18.2 Å². The summed E-state index contributed by atoms with van der Waals surface area (Å²) >= 11 is 0. The van der Waals surface area contributed by atoms with E-state index in [1.54, 1.807) is 0 Å². The zero-order valence-corrected chi connectivity index (χ0v) is 9.56. The van der Waals surface area contributed by atoms with Crippen LogP contribution in [0.1, 0.15) is 36.0 Å². The summed E-state index contributed by atoms with van der Waals surface area (Å²) in [5.74, 6) is -5.73. The molecule has 1 saturated carbocycles. The molecule has 1 aromatic carbocycles. The normalized spacial score (nSPS) is 19.8. The highest BCUT2D eigenvalue weighted by Crippen LogP contribution is 2.37. The first-order chi connectivity index (χ1) is 8.39. The molecule has 0 unspecified atom stereocenters. The number of ketones is 1. The average molecular weight is 260 g/mol. The first-order valence-corrected chi connectivity index (χ1v) is 5.76. The molecule has 1 aromatic rings. The van der Waals surface area contributed by atoms with Gasteiger partial charge in [-0.05, 0) is 31.0 Å². The third-order valence-corrected chi connectivity index (χ3v) is 3.29. The quantitative estimate of drug-likeness (QED) is 0.580. The number of hydrogen-bond donors (Lipinski definition) is 0. The van der Waals surface area contributed by atoms with Gasteiger partial charge < -0.3 is 0 Å². The van der Waals surface area contributed by atoms with Crippen LogP contribution in [-0.2, 0) is 0 Å². The second-order valence-corrected chi connectivity index (χ2v) is 4.62. The first-order valence-electron chi connectivity index (χ1n) is 5.76. The molecule has 0 radical (unpaired) electrons. The number of benzene rings is 1. The zero-order chi connectivity index (χ0) is 13.3. The lowest BCUT2D eigenvalue weighted by Gasteiger charge is -2.27. The van der Waals surface area contributed by atoms with Gasteiger partial charge in [0.1, 0.15) is 0 Å². The lowest BCUT2D eigenvalue weighted by molar-refractivity contribution is -0.0424. The minimum atomic E-state index is -2.70. The molecule has 0 aliphatic heterocycles. The highest BCUT2D eigenvalue weighted by Gasteiger charge is 2.37. The maximum atomic E-state index is 13.0. The van der Waals surface area contributed by atoms with Gasteiger partial charge in [-0.1, -0.05) is 0 Å². The number of carbonyl (C=O) groups excluding carboxylic acids is 1. The maximum absolute atomic E-state index is 13.0. The van der Waals surface area contributed by atoms with Gasteiger partial charge in [-0.25, -0.2) is 17.6 Å². The van der Waals surface area contributed by atoms with Crippen LogP contribution in [0.3, 0.4) is 0 Å². The molecule has 1 aliphatic rings. The van der Waals surface area contributed by atoms with Crippen LogP contribution in [-0.4, -0.2) is 11.7 Å². The van der Waals surface area contributed by atoms with Gasteiger partial charge in [0, 0.05) is 24.3 Å². The van der Waals surface area contributed by atoms with E-state index in [0.717, 1.165) is 12.1 Å². The maximum Gasteiger partial charge on any atom is 0.248 e. The zero-order valence-electron chi connectivity index (χ0n) is 9.56. The van der Waals surface area contributed by atoms with Crippen molar-refractivity contribution in [3.05, 3.63) is 35.4 Å². The summed E-state index contributed by atoms with van der Waals surface area (Å²) < 4.78 is 51.6. The van der Waals surface area contributed by atoms with E-state index in [0.29, 0.717) is 0 Å². The van der Waals surface area contributed by atoms with Gasteiger partial charge in [-0.15, -0.1) is 0 Å². The van der Waals surface area contributed by atoms with E-state index in [1.807, 2.05) is 0 Å². The Morgan fingerprint density at radius 1 is 1.11 bits per heavy atom. The van der Waals surface area contributed by atoms with Gasteiger partial charge in [0.2, 0.25) is 5.92 Å². The first kappa shape index (κ1) is 13.1. The van der Waals surface area contributed by atoms with Crippen molar-refractivity contribution in [2.75, 3.05) is 0 Å². The van der Waals surface area contributed by atoms with Crippen molar-refractivity contribution in [3.63, 3.8) is 0 Å². The van der Waals surface area contributed by atoms with E-state index < -0.39 is 23.5 Å². The second-order valence-electron chi connectivity index (χ2n) is 4.62. The molecule has 0 heterocycles. The Morgan fingerprint density at radius 3 is 2.28 bits per heavy atom. The molecule has 0 amide bonds. The minimum absolute atomic E-state index is 0.0455. The summed E-state index contributed by atoms with van der Waals surface area (Å²) in [5.41, 5.74) is 0.0455. The lowest BCUT2D eigenvalue weighted by Crippen LogP contribution is -2.28. The number of halogens is 4. The molecule has 0 aromatic heterocycles. The molecule has 0 saturated heterocycles. The van der Waals surface area contributed by atoms with Gasteiger partial charge in [-0.3, -0.25) is 4.79 Å². The molecule has 1 aliphatic carbocycles. The molecule has 0 bridgehead atoms. The van der Waals surface area contributed by atoms with Crippen LogP contribution >= 0.6 is 0 Å². The van der Waals surface area contributed by atoms with E-state index in [2.05, 4.69) is 0 Å². The van der Waals surface area contributed by atoms with E-state index in [9.17, 15) is 22.4 Å². The van der Waals surface area contributed by atoms with E-state index in [1.165, 1.54) is 6.07 Å². The third-order valence-electron chi connectivity index (χ3n) is 3.29. The molecule has 1 nitrogen and oxygen atoms in total. The summed E-state index contributed by atoms with van der Waals surface area (Å²) in [7, 11) is 0. The van der Waals surface area contributed by atoms with E-state index in [4.69, 9.17) is 0 Å². The SMILES string of the molecule is O=C(c1ccc(F)c(F)c1)C1CCC(F)(F)CC1. The van der Waals surface area contributed by atoms with Crippen molar-refractivity contribution in [2.24, 2.45) is 5.92 Å². The average Bonchev–Trinajstić information content (AvgIpc) is 2.32. The fourth-order valence-electron chi connectivity index (χ4n) is 2.19. The Morgan fingerprint density at radius 2 is 1.72 bits per heavy atom. The van der Waals surface area contributed by atoms with E-state index in [-0.39, 0.29) is 37.0 Å². The predicted molar refractivity (Wildman–Crippen MR) is 57.6 cm³/mol. The van der Waals surface area contributed by atoms with Crippen LogP contribution in [0.4, 0.5) is 17.6 Å². The smallest absolute Gasteiger partial charge is 0.248 e. The largest absolute Gasteiger partial charge is 0.294 e. The van der Waals surface area contributed by atoms with Gasteiger partial charge in [0.15, 0.2) is 17.4 Å². The highest BCUT2D eigenvalue weighted by atomic mass is 19.3. The van der Waals surface area contributed by atoms with E-state index >= 15 is 0 Å². The molecule has 0 atom stereocenters. The molecule has 18 heavy (non-hydrogen) atoms. The Kier molecular flexibility index (Phi) is 3.41. The number of hydrogen-bond acceptors (Lipinski definition) is 1. The van der Waals surface area contributed by atoms with Crippen LogP contribution in [0, 0.1) is 17.6 Å². The van der Waals surface area contributed by atoms with Gasteiger partial charge in [0.05, 0.1) is 0 Å². The molecular weight excluding hydrogens is 248 g/mol. The second kappa shape index (κ2) is 4.71. The summed E-state index contributed by atoms with van der Waals surface area (Å²) in [5, 5.41) is 0.